The second-order valence-electron chi connectivity index (χ2n) is 7.85. The second kappa shape index (κ2) is 12.4. The summed E-state index contributed by atoms with van der Waals surface area (Å²) in [5.41, 5.74) is 1.23. The zero-order valence-corrected chi connectivity index (χ0v) is 20.6. The molecule has 0 fully saturated rings. The molecular weight excluding hydrogens is 440 g/mol. The molecule has 0 aliphatic rings. The van der Waals surface area contributed by atoms with Crippen LogP contribution in [0.3, 0.4) is 0 Å². The van der Waals surface area contributed by atoms with Crippen molar-refractivity contribution in [2.75, 3.05) is 31.5 Å². The quantitative estimate of drug-likeness (QED) is 0.512. The van der Waals surface area contributed by atoms with Crippen molar-refractivity contribution in [2.45, 2.75) is 39.3 Å². The summed E-state index contributed by atoms with van der Waals surface area (Å²) in [6.07, 6.45) is 1.18. The van der Waals surface area contributed by atoms with E-state index in [1.807, 2.05) is 44.2 Å². The Hall–Kier alpha value is -2.91. The number of nitrogens with zero attached hydrogens (tertiary/aromatic N) is 3. The van der Waals surface area contributed by atoms with Gasteiger partial charge in [0.2, 0.25) is 11.8 Å². The van der Waals surface area contributed by atoms with Crippen LogP contribution in [0.4, 0.5) is 5.69 Å². The molecule has 0 heterocycles. The second-order valence-corrected chi connectivity index (χ2v) is 9.92. The monoisotopic (exact) mass is 474 g/mol. The van der Waals surface area contributed by atoms with E-state index in [1.165, 1.54) is 19.0 Å². The van der Waals surface area contributed by atoms with Crippen LogP contribution >= 0.6 is 0 Å². The van der Waals surface area contributed by atoms with Gasteiger partial charge in [-0.15, -0.1) is 0 Å². The predicted octanol–water partition coefficient (Wildman–Crippen LogP) is 2.63. The molecule has 2 aromatic carbocycles. The van der Waals surface area contributed by atoms with E-state index < -0.39 is 28.7 Å². The number of hydrogen-bond acceptors (Lipinski definition) is 4. The highest BCUT2D eigenvalue weighted by Crippen LogP contribution is 2.21. The third kappa shape index (κ3) is 7.03. The molecule has 1 atom stereocenters. The minimum atomic E-state index is -3.94. The molecule has 0 saturated carbocycles. The highest BCUT2D eigenvalue weighted by atomic mass is 32.2. The average molecular weight is 475 g/mol. The minimum Gasteiger partial charge on any atom is -0.354 e. The third-order valence-corrected chi connectivity index (χ3v) is 7.01. The van der Waals surface area contributed by atoms with Crippen molar-refractivity contribution in [3.8, 4) is 0 Å². The van der Waals surface area contributed by atoms with Gasteiger partial charge in [-0.05, 0) is 30.5 Å². The average Bonchev–Trinajstić information content (AvgIpc) is 2.81. The summed E-state index contributed by atoms with van der Waals surface area (Å²) in [7, 11) is -1.10. The largest absolute Gasteiger partial charge is 0.354 e. The van der Waals surface area contributed by atoms with Gasteiger partial charge < -0.3 is 10.2 Å². The van der Waals surface area contributed by atoms with Gasteiger partial charge in [-0.3, -0.25) is 9.59 Å². The first kappa shape index (κ1) is 26.3. The van der Waals surface area contributed by atoms with E-state index in [0.717, 1.165) is 20.6 Å². The molecule has 0 bridgehead atoms. The van der Waals surface area contributed by atoms with Gasteiger partial charge in [0, 0.05) is 27.2 Å². The van der Waals surface area contributed by atoms with Crippen LogP contribution < -0.4 is 9.62 Å². The summed E-state index contributed by atoms with van der Waals surface area (Å²) in [5.74, 6) is -0.697. The van der Waals surface area contributed by atoms with Gasteiger partial charge in [-0.2, -0.15) is 12.7 Å². The number of carbonyl (C=O) groups is 2. The number of benzene rings is 2. The Balaban J connectivity index is 2.43. The highest BCUT2D eigenvalue weighted by Gasteiger charge is 2.33. The number of amides is 2. The SMILES string of the molecule is CCCNC(=O)C(CC)N(Cc1ccccc1)C(=O)CN(c1ccccc1)S(=O)(=O)N(C)C. The zero-order valence-electron chi connectivity index (χ0n) is 19.8. The molecule has 180 valence electrons. The van der Waals surface area contributed by atoms with Crippen LogP contribution in [0, 0.1) is 0 Å². The molecule has 1 N–H and O–H groups in total. The Kier molecular flexibility index (Phi) is 9.87. The lowest BCUT2D eigenvalue weighted by atomic mass is 10.1. The third-order valence-electron chi connectivity index (χ3n) is 5.19. The lowest BCUT2D eigenvalue weighted by molar-refractivity contribution is -0.140. The lowest BCUT2D eigenvalue weighted by Gasteiger charge is -2.33. The maximum absolute atomic E-state index is 13.6. The van der Waals surface area contributed by atoms with Crippen molar-refractivity contribution >= 4 is 27.7 Å². The van der Waals surface area contributed by atoms with Crippen molar-refractivity contribution in [3.05, 3.63) is 66.2 Å². The topological polar surface area (TPSA) is 90.0 Å². The highest BCUT2D eigenvalue weighted by molar-refractivity contribution is 7.90. The summed E-state index contributed by atoms with van der Waals surface area (Å²) < 4.78 is 28.3. The van der Waals surface area contributed by atoms with E-state index in [9.17, 15) is 18.0 Å². The Morgan fingerprint density at radius 1 is 0.939 bits per heavy atom. The Labute approximate surface area is 197 Å². The van der Waals surface area contributed by atoms with E-state index in [-0.39, 0.29) is 12.5 Å². The van der Waals surface area contributed by atoms with Crippen LogP contribution in [-0.2, 0) is 26.3 Å². The molecule has 2 aromatic rings. The molecule has 2 rings (SSSR count). The van der Waals surface area contributed by atoms with Crippen LogP contribution in [0.15, 0.2) is 60.7 Å². The van der Waals surface area contributed by atoms with E-state index in [0.29, 0.717) is 18.7 Å². The first-order valence-electron chi connectivity index (χ1n) is 11.1. The Morgan fingerprint density at radius 3 is 2.03 bits per heavy atom. The van der Waals surface area contributed by atoms with Gasteiger partial charge in [-0.1, -0.05) is 62.4 Å². The Bertz CT molecular complexity index is 998. The summed E-state index contributed by atoms with van der Waals surface area (Å²) in [5, 5.41) is 2.87. The summed E-state index contributed by atoms with van der Waals surface area (Å²) >= 11 is 0. The fourth-order valence-electron chi connectivity index (χ4n) is 3.38. The molecule has 33 heavy (non-hydrogen) atoms. The van der Waals surface area contributed by atoms with E-state index in [2.05, 4.69) is 5.32 Å². The molecule has 0 aliphatic heterocycles. The summed E-state index contributed by atoms with van der Waals surface area (Å²) in [4.78, 5) is 28.0. The predicted molar refractivity (Wildman–Crippen MR) is 131 cm³/mol. The number of anilines is 1. The normalized spacial score (nSPS) is 12.3. The number of hydrogen-bond donors (Lipinski definition) is 1. The number of rotatable bonds is 12. The summed E-state index contributed by atoms with van der Waals surface area (Å²) in [6.45, 7) is 4.08. The van der Waals surface area contributed by atoms with Gasteiger partial charge in [0.05, 0.1) is 5.69 Å². The minimum absolute atomic E-state index is 0.197. The van der Waals surface area contributed by atoms with Crippen LogP contribution in [-0.4, -0.2) is 62.7 Å². The molecule has 1 unspecified atom stereocenters. The van der Waals surface area contributed by atoms with Crippen molar-refractivity contribution in [1.82, 2.24) is 14.5 Å². The molecule has 0 spiro atoms. The van der Waals surface area contributed by atoms with Crippen molar-refractivity contribution in [2.24, 2.45) is 0 Å². The smallest absolute Gasteiger partial charge is 0.304 e. The van der Waals surface area contributed by atoms with E-state index in [1.54, 1.807) is 30.3 Å². The number of carbonyl (C=O) groups excluding carboxylic acids is 2. The van der Waals surface area contributed by atoms with Crippen LogP contribution in [0.25, 0.3) is 0 Å². The summed E-state index contributed by atoms with van der Waals surface area (Å²) in [6, 6.07) is 17.1. The standard InChI is InChI=1S/C24H34N4O4S/c1-5-17-25-24(30)22(6-2)27(18-20-13-9-7-10-14-20)23(29)19-28(33(31,32)26(3)4)21-15-11-8-12-16-21/h7-16,22H,5-6,17-19H2,1-4H3,(H,25,30). The van der Waals surface area contributed by atoms with Gasteiger partial charge in [-0.25, -0.2) is 4.31 Å². The maximum Gasteiger partial charge on any atom is 0.304 e. The molecule has 2 amide bonds. The van der Waals surface area contributed by atoms with Crippen LogP contribution in [0.5, 0.6) is 0 Å². The molecule has 0 radical (unpaired) electrons. The molecule has 0 aromatic heterocycles. The van der Waals surface area contributed by atoms with Gasteiger partial charge in [0.15, 0.2) is 0 Å². The van der Waals surface area contributed by atoms with Crippen molar-refractivity contribution in [1.29, 1.82) is 0 Å². The first-order valence-corrected chi connectivity index (χ1v) is 12.5. The molecule has 8 nitrogen and oxygen atoms in total. The molecule has 0 aliphatic carbocycles. The molecule has 9 heteroatoms. The zero-order chi connectivity index (χ0) is 24.4. The van der Waals surface area contributed by atoms with Crippen molar-refractivity contribution in [3.63, 3.8) is 0 Å². The van der Waals surface area contributed by atoms with Gasteiger partial charge in [0.1, 0.15) is 12.6 Å². The fourth-order valence-corrected chi connectivity index (χ4v) is 4.43. The Morgan fingerprint density at radius 2 is 1.52 bits per heavy atom. The van der Waals surface area contributed by atoms with E-state index >= 15 is 0 Å². The maximum atomic E-state index is 13.6. The van der Waals surface area contributed by atoms with Crippen molar-refractivity contribution < 1.29 is 18.0 Å². The van der Waals surface area contributed by atoms with Gasteiger partial charge in [0.25, 0.3) is 0 Å². The first-order chi connectivity index (χ1) is 15.7. The number of nitrogens with one attached hydrogen (secondary N) is 1. The number of para-hydroxylation sites is 1. The molecular formula is C24H34N4O4S. The van der Waals surface area contributed by atoms with Crippen LogP contribution in [0.2, 0.25) is 0 Å². The van der Waals surface area contributed by atoms with E-state index in [4.69, 9.17) is 0 Å². The lowest BCUT2D eigenvalue weighted by Crippen LogP contribution is -2.53. The van der Waals surface area contributed by atoms with Gasteiger partial charge >= 0.3 is 10.2 Å². The van der Waals surface area contributed by atoms with Crippen LogP contribution in [0.1, 0.15) is 32.3 Å². The fraction of sp³-hybridized carbons (Fsp3) is 0.417. The molecule has 0 saturated heterocycles.